The van der Waals surface area contributed by atoms with Gasteiger partial charge in [-0.2, -0.15) is 0 Å². The third kappa shape index (κ3) is 4.69. The summed E-state index contributed by atoms with van der Waals surface area (Å²) in [5.41, 5.74) is 0. The molecule has 0 amide bonds. The normalized spacial score (nSPS) is 34.2. The molecule has 1 saturated heterocycles. The SMILES string of the molecule is OC1CCCCC1N1CCC(NC2CCCCCCC2)CC1. The first-order chi connectivity index (χ1) is 10.8. The molecule has 0 bridgehead atoms. The molecule has 0 radical (unpaired) electrons. The summed E-state index contributed by atoms with van der Waals surface area (Å²) in [4.78, 5) is 2.58. The molecular formula is C19H36N2O. The van der Waals surface area contributed by atoms with E-state index in [2.05, 4.69) is 10.2 Å². The number of aliphatic hydroxyl groups excluding tert-OH is 1. The molecule has 2 unspecified atom stereocenters. The highest BCUT2D eigenvalue weighted by Gasteiger charge is 2.31. The van der Waals surface area contributed by atoms with E-state index in [0.717, 1.165) is 18.5 Å². The summed E-state index contributed by atoms with van der Waals surface area (Å²) in [5.74, 6) is 0. The van der Waals surface area contributed by atoms with Gasteiger partial charge in [0, 0.05) is 31.2 Å². The van der Waals surface area contributed by atoms with Gasteiger partial charge in [-0.3, -0.25) is 4.90 Å². The van der Waals surface area contributed by atoms with Gasteiger partial charge in [-0.1, -0.05) is 44.9 Å². The molecule has 3 nitrogen and oxygen atoms in total. The van der Waals surface area contributed by atoms with E-state index in [1.54, 1.807) is 0 Å². The summed E-state index contributed by atoms with van der Waals surface area (Å²) in [7, 11) is 0. The Bertz CT molecular complexity index is 307. The van der Waals surface area contributed by atoms with Gasteiger partial charge in [0.25, 0.3) is 0 Å². The number of aliphatic hydroxyl groups is 1. The van der Waals surface area contributed by atoms with Crippen molar-refractivity contribution in [3.63, 3.8) is 0 Å². The second kappa shape index (κ2) is 8.65. The van der Waals surface area contributed by atoms with Crippen LogP contribution < -0.4 is 5.32 Å². The molecule has 3 fully saturated rings. The van der Waals surface area contributed by atoms with Crippen LogP contribution in [-0.2, 0) is 0 Å². The van der Waals surface area contributed by atoms with Crippen LogP contribution in [0, 0.1) is 0 Å². The molecular weight excluding hydrogens is 272 g/mol. The van der Waals surface area contributed by atoms with Crippen LogP contribution in [0.15, 0.2) is 0 Å². The summed E-state index contributed by atoms with van der Waals surface area (Å²) < 4.78 is 0. The molecule has 22 heavy (non-hydrogen) atoms. The average Bonchev–Trinajstić information content (AvgIpc) is 2.51. The largest absolute Gasteiger partial charge is 0.391 e. The van der Waals surface area contributed by atoms with Crippen molar-refractivity contribution in [3.05, 3.63) is 0 Å². The highest BCUT2D eigenvalue weighted by molar-refractivity contribution is 4.88. The van der Waals surface area contributed by atoms with E-state index >= 15 is 0 Å². The second-order valence-electron chi connectivity index (χ2n) is 7.94. The van der Waals surface area contributed by atoms with Gasteiger partial charge in [-0.25, -0.2) is 0 Å². The molecule has 3 heteroatoms. The highest BCUT2D eigenvalue weighted by Crippen LogP contribution is 2.26. The Hall–Kier alpha value is -0.120. The molecule has 0 aromatic heterocycles. The maximum absolute atomic E-state index is 10.2. The lowest BCUT2D eigenvalue weighted by Gasteiger charge is -2.42. The fourth-order valence-electron chi connectivity index (χ4n) is 4.87. The minimum Gasteiger partial charge on any atom is -0.391 e. The van der Waals surface area contributed by atoms with Gasteiger partial charge < -0.3 is 10.4 Å². The summed E-state index contributed by atoms with van der Waals surface area (Å²) >= 11 is 0. The van der Waals surface area contributed by atoms with Crippen LogP contribution in [0.1, 0.15) is 83.5 Å². The first-order valence-corrected chi connectivity index (χ1v) is 10.0. The zero-order chi connectivity index (χ0) is 15.2. The predicted octanol–water partition coefficient (Wildman–Crippen LogP) is 3.46. The van der Waals surface area contributed by atoms with Crippen LogP contribution in [0.5, 0.6) is 0 Å². The number of nitrogens with one attached hydrogen (secondary N) is 1. The fraction of sp³-hybridized carbons (Fsp3) is 1.00. The number of hydrogen-bond donors (Lipinski definition) is 2. The Morgan fingerprint density at radius 1 is 0.636 bits per heavy atom. The van der Waals surface area contributed by atoms with Crippen molar-refractivity contribution >= 4 is 0 Å². The van der Waals surface area contributed by atoms with Crippen LogP contribution >= 0.6 is 0 Å². The Balaban J connectivity index is 1.41. The van der Waals surface area contributed by atoms with Crippen molar-refractivity contribution < 1.29 is 5.11 Å². The van der Waals surface area contributed by atoms with Gasteiger partial charge >= 0.3 is 0 Å². The first kappa shape index (κ1) is 16.7. The molecule has 3 rings (SSSR count). The minimum absolute atomic E-state index is 0.0659. The lowest BCUT2D eigenvalue weighted by atomic mass is 9.89. The average molecular weight is 309 g/mol. The summed E-state index contributed by atoms with van der Waals surface area (Å²) in [6.45, 7) is 2.37. The molecule has 0 aromatic carbocycles. The monoisotopic (exact) mass is 308 g/mol. The molecule has 128 valence electrons. The summed E-state index contributed by atoms with van der Waals surface area (Å²) in [6, 6.07) is 1.95. The van der Waals surface area contributed by atoms with Crippen LogP contribution in [0.4, 0.5) is 0 Å². The predicted molar refractivity (Wildman–Crippen MR) is 92.1 cm³/mol. The second-order valence-corrected chi connectivity index (χ2v) is 7.94. The summed E-state index contributed by atoms with van der Waals surface area (Å²) in [6.07, 6.45) is 17.2. The molecule has 0 spiro atoms. The molecule has 2 aliphatic carbocycles. The Kier molecular flexibility index (Phi) is 6.58. The van der Waals surface area contributed by atoms with Crippen molar-refractivity contribution in [3.8, 4) is 0 Å². The van der Waals surface area contributed by atoms with E-state index < -0.39 is 0 Å². The summed E-state index contributed by atoms with van der Waals surface area (Å²) in [5, 5.41) is 14.2. The van der Waals surface area contributed by atoms with Crippen molar-refractivity contribution in [2.75, 3.05) is 13.1 Å². The lowest BCUT2D eigenvalue weighted by Crippen LogP contribution is -2.52. The smallest absolute Gasteiger partial charge is 0.0695 e. The van der Waals surface area contributed by atoms with Gasteiger partial charge in [-0.15, -0.1) is 0 Å². The molecule has 1 heterocycles. The maximum atomic E-state index is 10.2. The van der Waals surface area contributed by atoms with Crippen molar-refractivity contribution in [2.45, 2.75) is 108 Å². The first-order valence-electron chi connectivity index (χ1n) is 10.0. The molecule has 3 aliphatic rings. The van der Waals surface area contributed by atoms with E-state index in [4.69, 9.17) is 0 Å². The maximum Gasteiger partial charge on any atom is 0.0695 e. The van der Waals surface area contributed by atoms with Gasteiger partial charge in [0.2, 0.25) is 0 Å². The molecule has 1 aliphatic heterocycles. The van der Waals surface area contributed by atoms with E-state index in [1.807, 2.05) is 0 Å². The minimum atomic E-state index is -0.0659. The molecule has 2 N–H and O–H groups in total. The van der Waals surface area contributed by atoms with E-state index in [0.29, 0.717) is 6.04 Å². The topological polar surface area (TPSA) is 35.5 Å². The van der Waals surface area contributed by atoms with Crippen molar-refractivity contribution in [2.24, 2.45) is 0 Å². The van der Waals surface area contributed by atoms with Gasteiger partial charge in [-0.05, 0) is 38.5 Å². The number of rotatable bonds is 3. The quantitative estimate of drug-likeness (QED) is 0.838. The lowest BCUT2D eigenvalue weighted by molar-refractivity contribution is 0.00643. The number of nitrogens with zero attached hydrogens (tertiary/aromatic N) is 1. The third-order valence-corrected chi connectivity index (χ3v) is 6.27. The number of likely N-dealkylation sites (tertiary alicyclic amines) is 1. The fourth-order valence-corrected chi connectivity index (χ4v) is 4.87. The Labute approximate surface area is 136 Å². The standard InChI is InChI=1S/C19H36N2O/c22-19-11-7-6-10-18(19)21-14-12-17(13-15-21)20-16-8-4-2-1-3-5-9-16/h16-20,22H,1-15H2. The molecule has 0 aromatic rings. The number of hydrogen-bond acceptors (Lipinski definition) is 3. The van der Waals surface area contributed by atoms with Crippen molar-refractivity contribution in [1.29, 1.82) is 0 Å². The Morgan fingerprint density at radius 3 is 1.86 bits per heavy atom. The van der Waals surface area contributed by atoms with Crippen LogP contribution in [-0.4, -0.2) is 47.3 Å². The highest BCUT2D eigenvalue weighted by atomic mass is 16.3. The molecule has 2 saturated carbocycles. The molecule has 2 atom stereocenters. The Morgan fingerprint density at radius 2 is 1.18 bits per heavy atom. The van der Waals surface area contributed by atoms with Crippen LogP contribution in [0.2, 0.25) is 0 Å². The zero-order valence-electron chi connectivity index (χ0n) is 14.3. The van der Waals surface area contributed by atoms with E-state index in [1.165, 1.54) is 90.1 Å². The van der Waals surface area contributed by atoms with Crippen molar-refractivity contribution in [1.82, 2.24) is 10.2 Å². The van der Waals surface area contributed by atoms with E-state index in [-0.39, 0.29) is 6.10 Å². The zero-order valence-corrected chi connectivity index (χ0v) is 14.3. The van der Waals surface area contributed by atoms with Gasteiger partial charge in [0.05, 0.1) is 6.10 Å². The van der Waals surface area contributed by atoms with Gasteiger partial charge in [0.1, 0.15) is 0 Å². The number of piperidine rings is 1. The van der Waals surface area contributed by atoms with Crippen LogP contribution in [0.3, 0.4) is 0 Å². The van der Waals surface area contributed by atoms with E-state index in [9.17, 15) is 5.11 Å². The third-order valence-electron chi connectivity index (χ3n) is 6.27. The van der Waals surface area contributed by atoms with Crippen LogP contribution in [0.25, 0.3) is 0 Å². The van der Waals surface area contributed by atoms with Gasteiger partial charge in [0.15, 0.2) is 0 Å².